The third-order valence-corrected chi connectivity index (χ3v) is 1.49. The second kappa shape index (κ2) is 6.82. The molecule has 0 saturated heterocycles. The van der Waals surface area contributed by atoms with Crippen LogP contribution in [0.4, 0.5) is 0 Å². The number of aldehydes is 2. The summed E-state index contributed by atoms with van der Waals surface area (Å²) in [5.74, 6) is -2.85. The largest absolute Gasteiger partial charge is 0.303 e. The Balaban J connectivity index is 4.03. The molecule has 0 aliphatic carbocycles. The van der Waals surface area contributed by atoms with Crippen molar-refractivity contribution in [3.63, 3.8) is 0 Å². The van der Waals surface area contributed by atoms with Crippen LogP contribution in [0.25, 0.3) is 0 Å². The Morgan fingerprint density at radius 3 is 1.43 bits per heavy atom. The van der Waals surface area contributed by atoms with Crippen molar-refractivity contribution in [1.29, 1.82) is 0 Å². The van der Waals surface area contributed by atoms with Gasteiger partial charge in [0.15, 0.2) is 0 Å². The van der Waals surface area contributed by atoms with Crippen LogP contribution in [0.3, 0.4) is 0 Å². The van der Waals surface area contributed by atoms with E-state index in [1.807, 2.05) is 0 Å². The fraction of sp³-hybridized carbons (Fsp3) is 0.444. The molecular formula is C9H10O5. The maximum atomic E-state index is 10.9. The minimum absolute atomic E-state index is 0.0640. The van der Waals surface area contributed by atoms with E-state index < -0.39 is 17.3 Å². The average molecular weight is 198 g/mol. The summed E-state index contributed by atoms with van der Waals surface area (Å²) in [5, 5.41) is 0. The normalized spacial score (nSPS) is 9.14. The Morgan fingerprint density at radius 1 is 0.786 bits per heavy atom. The first kappa shape index (κ1) is 12.3. The quantitative estimate of drug-likeness (QED) is 0.302. The summed E-state index contributed by atoms with van der Waals surface area (Å²) >= 11 is 0. The van der Waals surface area contributed by atoms with Crippen molar-refractivity contribution in [1.82, 2.24) is 0 Å². The number of carbonyl (C=O) groups excluding carboxylic acids is 5. The van der Waals surface area contributed by atoms with Crippen molar-refractivity contribution in [3.8, 4) is 0 Å². The number of rotatable bonds is 8. The van der Waals surface area contributed by atoms with Gasteiger partial charge in [0.1, 0.15) is 12.6 Å². The van der Waals surface area contributed by atoms with Gasteiger partial charge < -0.3 is 9.59 Å². The smallest absolute Gasteiger partial charge is 0.264 e. The molecular weight excluding hydrogens is 188 g/mol. The van der Waals surface area contributed by atoms with Crippen molar-refractivity contribution in [3.05, 3.63) is 0 Å². The van der Waals surface area contributed by atoms with Crippen LogP contribution in [-0.4, -0.2) is 29.9 Å². The Hall–Kier alpha value is -1.65. The van der Waals surface area contributed by atoms with Crippen molar-refractivity contribution in [2.45, 2.75) is 25.7 Å². The minimum atomic E-state index is -1.12. The third-order valence-electron chi connectivity index (χ3n) is 1.49. The summed E-state index contributed by atoms with van der Waals surface area (Å²) in [4.78, 5) is 52.5. The van der Waals surface area contributed by atoms with Crippen LogP contribution in [0.1, 0.15) is 25.7 Å². The van der Waals surface area contributed by atoms with Crippen LogP contribution in [0, 0.1) is 0 Å². The molecule has 0 unspecified atom stereocenters. The Kier molecular flexibility index (Phi) is 6.02. The van der Waals surface area contributed by atoms with Crippen LogP contribution >= 0.6 is 0 Å². The molecule has 0 spiro atoms. The molecule has 0 atom stereocenters. The van der Waals surface area contributed by atoms with Gasteiger partial charge in [0, 0.05) is 25.7 Å². The van der Waals surface area contributed by atoms with Crippen LogP contribution in [-0.2, 0) is 24.0 Å². The molecule has 0 N–H and O–H groups in total. The Labute approximate surface area is 80.5 Å². The SMILES string of the molecule is O=CCCC(=O)C(=O)C(=O)CCC=O. The van der Waals surface area contributed by atoms with Gasteiger partial charge in [-0.15, -0.1) is 0 Å². The van der Waals surface area contributed by atoms with Gasteiger partial charge in [0.25, 0.3) is 5.78 Å². The van der Waals surface area contributed by atoms with Gasteiger partial charge in [-0.2, -0.15) is 0 Å². The standard InChI is InChI=1S/C9H10O5/c10-5-1-3-7(12)9(14)8(13)4-2-6-11/h5-6H,1-4H2. The number of ketones is 3. The minimum Gasteiger partial charge on any atom is -0.303 e. The van der Waals surface area contributed by atoms with Gasteiger partial charge in [-0.3, -0.25) is 14.4 Å². The molecule has 5 nitrogen and oxygen atoms in total. The molecule has 0 saturated carbocycles. The molecule has 0 aromatic heterocycles. The first-order chi connectivity index (χ1) is 6.63. The molecule has 0 amide bonds. The summed E-state index contributed by atoms with van der Waals surface area (Å²) in [6, 6.07) is 0. The lowest BCUT2D eigenvalue weighted by Crippen LogP contribution is -2.23. The predicted molar refractivity (Wildman–Crippen MR) is 45.6 cm³/mol. The van der Waals surface area contributed by atoms with Crippen LogP contribution < -0.4 is 0 Å². The maximum absolute atomic E-state index is 10.9. The monoisotopic (exact) mass is 198 g/mol. The molecule has 0 aromatic carbocycles. The van der Waals surface area contributed by atoms with Crippen LogP contribution in [0.5, 0.6) is 0 Å². The van der Waals surface area contributed by atoms with Gasteiger partial charge in [-0.25, -0.2) is 0 Å². The maximum Gasteiger partial charge on any atom is 0.264 e. The van der Waals surface area contributed by atoms with E-state index in [1.54, 1.807) is 0 Å². The van der Waals surface area contributed by atoms with Gasteiger partial charge in [-0.05, 0) is 0 Å². The lowest BCUT2D eigenvalue weighted by Gasteiger charge is -1.94. The van der Waals surface area contributed by atoms with Crippen molar-refractivity contribution in [2.24, 2.45) is 0 Å². The van der Waals surface area contributed by atoms with Gasteiger partial charge in [-0.1, -0.05) is 0 Å². The van der Waals surface area contributed by atoms with E-state index in [4.69, 9.17) is 0 Å². The lowest BCUT2D eigenvalue weighted by atomic mass is 10.1. The summed E-state index contributed by atoms with van der Waals surface area (Å²) in [7, 11) is 0. The highest BCUT2D eigenvalue weighted by molar-refractivity contribution is 6.63. The fourth-order valence-corrected chi connectivity index (χ4v) is 0.763. The van der Waals surface area contributed by atoms with E-state index >= 15 is 0 Å². The molecule has 0 aromatic rings. The Bertz CT molecular complexity index is 240. The van der Waals surface area contributed by atoms with Gasteiger partial charge in [0.2, 0.25) is 11.6 Å². The van der Waals surface area contributed by atoms with Crippen LogP contribution in [0.15, 0.2) is 0 Å². The third kappa shape index (κ3) is 4.39. The second-order valence-corrected chi connectivity index (χ2v) is 2.59. The molecule has 5 heteroatoms. The molecule has 76 valence electrons. The summed E-state index contributed by atoms with van der Waals surface area (Å²) in [5.41, 5.74) is 0. The lowest BCUT2D eigenvalue weighted by molar-refractivity contribution is -0.144. The molecule has 0 bridgehead atoms. The molecule has 14 heavy (non-hydrogen) atoms. The van der Waals surface area contributed by atoms with E-state index in [2.05, 4.69) is 0 Å². The molecule has 0 fully saturated rings. The zero-order valence-electron chi connectivity index (χ0n) is 7.52. The number of Topliss-reactive ketones (excluding diaryl/α,β-unsaturated/α-hetero) is 3. The number of hydrogen-bond acceptors (Lipinski definition) is 5. The highest BCUT2D eigenvalue weighted by atomic mass is 16.2. The molecule has 0 rings (SSSR count). The molecule has 0 aliphatic heterocycles. The summed E-state index contributed by atoms with van der Waals surface area (Å²) in [6.07, 6.45) is 0.392. The Morgan fingerprint density at radius 2 is 1.14 bits per heavy atom. The average Bonchev–Trinajstić information content (AvgIpc) is 2.21. The zero-order valence-corrected chi connectivity index (χ0v) is 7.52. The van der Waals surface area contributed by atoms with E-state index in [-0.39, 0.29) is 25.7 Å². The highest BCUT2D eigenvalue weighted by Gasteiger charge is 2.20. The van der Waals surface area contributed by atoms with Crippen LogP contribution in [0.2, 0.25) is 0 Å². The van der Waals surface area contributed by atoms with E-state index in [1.165, 1.54) is 0 Å². The van der Waals surface area contributed by atoms with Crippen molar-refractivity contribution in [2.75, 3.05) is 0 Å². The molecule has 0 radical (unpaired) electrons. The van der Waals surface area contributed by atoms with Gasteiger partial charge in [0.05, 0.1) is 0 Å². The van der Waals surface area contributed by atoms with Crippen molar-refractivity contribution < 1.29 is 24.0 Å². The molecule has 0 heterocycles. The highest BCUT2D eigenvalue weighted by Crippen LogP contribution is 1.95. The van der Waals surface area contributed by atoms with Crippen molar-refractivity contribution >= 4 is 29.9 Å². The summed E-state index contributed by atoms with van der Waals surface area (Å²) < 4.78 is 0. The topological polar surface area (TPSA) is 85.3 Å². The number of carbonyl (C=O) groups is 5. The first-order valence-corrected chi connectivity index (χ1v) is 4.11. The van der Waals surface area contributed by atoms with E-state index in [9.17, 15) is 24.0 Å². The van der Waals surface area contributed by atoms with E-state index in [0.29, 0.717) is 12.6 Å². The zero-order chi connectivity index (χ0) is 11.0. The van der Waals surface area contributed by atoms with E-state index in [0.717, 1.165) is 0 Å². The second-order valence-electron chi connectivity index (χ2n) is 2.59. The summed E-state index contributed by atoms with van der Waals surface area (Å²) in [6.45, 7) is 0. The first-order valence-electron chi connectivity index (χ1n) is 4.11. The predicted octanol–water partition coefficient (Wildman–Crippen LogP) is -0.348. The number of hydrogen-bond donors (Lipinski definition) is 0. The van der Waals surface area contributed by atoms with Gasteiger partial charge >= 0.3 is 0 Å². The molecule has 0 aliphatic rings. The fourth-order valence-electron chi connectivity index (χ4n) is 0.763.